The maximum absolute atomic E-state index is 12.2. The largest absolute Gasteiger partial charge is 0.311 e. The fourth-order valence-electron chi connectivity index (χ4n) is 2.52. The van der Waals surface area contributed by atoms with Crippen LogP contribution < -0.4 is 5.32 Å². The van der Waals surface area contributed by atoms with Gasteiger partial charge in [0.2, 0.25) is 0 Å². The first-order valence-corrected chi connectivity index (χ1v) is 7.33. The highest BCUT2D eigenvalue weighted by atomic mass is 16.2. The van der Waals surface area contributed by atoms with E-state index < -0.39 is 0 Å². The number of rotatable bonds is 6. The summed E-state index contributed by atoms with van der Waals surface area (Å²) in [4.78, 5) is 29.9. The molecule has 2 aromatic rings. The van der Waals surface area contributed by atoms with Crippen molar-refractivity contribution in [3.05, 3.63) is 65.5 Å². The van der Waals surface area contributed by atoms with Gasteiger partial charge >= 0.3 is 0 Å². The maximum Gasteiger partial charge on any atom is 0.261 e. The molecule has 0 saturated carbocycles. The van der Waals surface area contributed by atoms with E-state index >= 15 is 0 Å². The molecule has 2 amide bonds. The first-order valence-electron chi connectivity index (χ1n) is 7.33. The fourth-order valence-corrected chi connectivity index (χ4v) is 2.52. The van der Waals surface area contributed by atoms with Gasteiger partial charge in [-0.15, -0.1) is 0 Å². The van der Waals surface area contributed by atoms with E-state index in [9.17, 15) is 9.59 Å². The molecule has 1 aromatic carbocycles. The van der Waals surface area contributed by atoms with Crippen LogP contribution in [0.4, 0.5) is 0 Å². The summed E-state index contributed by atoms with van der Waals surface area (Å²) in [7, 11) is 0. The molecule has 0 bridgehead atoms. The van der Waals surface area contributed by atoms with Crippen molar-refractivity contribution in [3.63, 3.8) is 0 Å². The molecule has 112 valence electrons. The van der Waals surface area contributed by atoms with Crippen molar-refractivity contribution < 1.29 is 9.59 Å². The van der Waals surface area contributed by atoms with Gasteiger partial charge in [0, 0.05) is 19.3 Å². The zero-order valence-corrected chi connectivity index (χ0v) is 12.2. The predicted molar refractivity (Wildman–Crippen MR) is 82.4 cm³/mol. The van der Waals surface area contributed by atoms with Crippen LogP contribution in [0.1, 0.15) is 32.8 Å². The van der Waals surface area contributed by atoms with Crippen molar-refractivity contribution in [1.29, 1.82) is 0 Å². The molecule has 1 aromatic heterocycles. The van der Waals surface area contributed by atoms with E-state index in [1.807, 2.05) is 18.2 Å². The lowest BCUT2D eigenvalue weighted by Gasteiger charge is -2.13. The normalized spacial score (nSPS) is 13.5. The number of hydrogen-bond donors (Lipinski definition) is 1. The van der Waals surface area contributed by atoms with Crippen LogP contribution in [0.25, 0.3) is 0 Å². The van der Waals surface area contributed by atoms with Gasteiger partial charge in [0.25, 0.3) is 11.8 Å². The summed E-state index contributed by atoms with van der Waals surface area (Å²) in [5.74, 6) is -0.379. The van der Waals surface area contributed by atoms with Crippen LogP contribution >= 0.6 is 0 Å². The quantitative estimate of drug-likeness (QED) is 0.652. The molecule has 0 fully saturated rings. The molecule has 0 spiro atoms. The zero-order chi connectivity index (χ0) is 15.4. The summed E-state index contributed by atoms with van der Waals surface area (Å²) in [5, 5.41) is 3.26. The lowest BCUT2D eigenvalue weighted by atomic mass is 10.1. The number of carbonyl (C=O) groups excluding carboxylic acids is 2. The van der Waals surface area contributed by atoms with Crippen LogP contribution in [0.5, 0.6) is 0 Å². The molecule has 22 heavy (non-hydrogen) atoms. The highest BCUT2D eigenvalue weighted by Crippen LogP contribution is 2.22. The average Bonchev–Trinajstić information content (AvgIpc) is 2.81. The topological polar surface area (TPSA) is 62.3 Å². The molecule has 2 heterocycles. The molecule has 5 heteroatoms. The van der Waals surface area contributed by atoms with Crippen LogP contribution in [0.2, 0.25) is 0 Å². The highest BCUT2D eigenvalue weighted by molar-refractivity contribution is 6.21. The molecule has 0 radical (unpaired) electrons. The third-order valence-corrected chi connectivity index (χ3v) is 3.65. The van der Waals surface area contributed by atoms with E-state index in [4.69, 9.17) is 0 Å². The minimum Gasteiger partial charge on any atom is -0.311 e. The molecule has 0 saturated heterocycles. The van der Waals surface area contributed by atoms with Crippen molar-refractivity contribution in [1.82, 2.24) is 15.2 Å². The predicted octanol–water partition coefficient (Wildman–Crippen LogP) is 1.86. The van der Waals surface area contributed by atoms with Crippen molar-refractivity contribution in [2.75, 3.05) is 13.1 Å². The summed E-state index contributed by atoms with van der Waals surface area (Å²) in [6.45, 7) is 1.84. The van der Waals surface area contributed by atoms with E-state index in [-0.39, 0.29) is 11.8 Å². The van der Waals surface area contributed by atoms with E-state index in [0.717, 1.165) is 18.7 Å². The third-order valence-electron chi connectivity index (χ3n) is 3.65. The number of imide groups is 1. The lowest BCUT2D eigenvalue weighted by Crippen LogP contribution is -2.32. The Morgan fingerprint density at radius 3 is 2.27 bits per heavy atom. The lowest BCUT2D eigenvalue weighted by molar-refractivity contribution is 0.0652. The van der Waals surface area contributed by atoms with E-state index in [2.05, 4.69) is 10.3 Å². The molecule has 0 unspecified atom stereocenters. The van der Waals surface area contributed by atoms with Crippen LogP contribution in [-0.4, -0.2) is 34.8 Å². The molecule has 1 aliphatic rings. The number of pyridine rings is 1. The molecule has 5 nitrogen and oxygen atoms in total. The summed E-state index contributed by atoms with van der Waals surface area (Å²) >= 11 is 0. The highest BCUT2D eigenvalue weighted by Gasteiger charge is 2.34. The minimum absolute atomic E-state index is 0.190. The van der Waals surface area contributed by atoms with Gasteiger partial charge in [0.1, 0.15) is 0 Å². The van der Waals surface area contributed by atoms with Crippen LogP contribution in [0.15, 0.2) is 48.7 Å². The second-order valence-electron chi connectivity index (χ2n) is 5.16. The maximum atomic E-state index is 12.2. The SMILES string of the molecule is O=C1c2ccccc2C(=O)N1CCCNCc1ccccn1. The Bertz CT molecular complexity index is 650. The van der Waals surface area contributed by atoms with Crippen LogP contribution in [-0.2, 0) is 6.54 Å². The molecular formula is C17H17N3O2. The Morgan fingerprint density at radius 1 is 0.955 bits per heavy atom. The molecule has 0 aliphatic carbocycles. The Hall–Kier alpha value is -2.53. The Kier molecular flexibility index (Phi) is 4.25. The van der Waals surface area contributed by atoms with E-state index in [0.29, 0.717) is 24.2 Å². The molecule has 1 aliphatic heterocycles. The van der Waals surface area contributed by atoms with Gasteiger partial charge < -0.3 is 5.32 Å². The summed E-state index contributed by atoms with van der Waals surface area (Å²) in [6, 6.07) is 12.7. The summed E-state index contributed by atoms with van der Waals surface area (Å²) < 4.78 is 0. The van der Waals surface area contributed by atoms with Crippen molar-refractivity contribution >= 4 is 11.8 Å². The second kappa shape index (κ2) is 6.49. The smallest absolute Gasteiger partial charge is 0.261 e. The average molecular weight is 295 g/mol. The van der Waals surface area contributed by atoms with Crippen LogP contribution in [0, 0.1) is 0 Å². The van der Waals surface area contributed by atoms with Gasteiger partial charge in [0.05, 0.1) is 16.8 Å². The summed E-state index contributed by atoms with van der Waals surface area (Å²) in [5.41, 5.74) is 1.99. The van der Waals surface area contributed by atoms with E-state index in [1.165, 1.54) is 4.90 Å². The van der Waals surface area contributed by atoms with E-state index in [1.54, 1.807) is 30.5 Å². The number of aromatic nitrogens is 1. The first kappa shape index (κ1) is 14.4. The molecular weight excluding hydrogens is 278 g/mol. The second-order valence-corrected chi connectivity index (χ2v) is 5.16. The van der Waals surface area contributed by atoms with Crippen molar-refractivity contribution in [3.8, 4) is 0 Å². The minimum atomic E-state index is -0.190. The van der Waals surface area contributed by atoms with Gasteiger partial charge in [0.15, 0.2) is 0 Å². The van der Waals surface area contributed by atoms with Crippen molar-refractivity contribution in [2.24, 2.45) is 0 Å². The Morgan fingerprint density at radius 2 is 1.64 bits per heavy atom. The third kappa shape index (κ3) is 2.89. The fraction of sp³-hybridized carbons (Fsp3) is 0.235. The summed E-state index contributed by atoms with van der Waals surface area (Å²) in [6.07, 6.45) is 2.48. The van der Waals surface area contributed by atoms with Gasteiger partial charge in [-0.25, -0.2) is 0 Å². The number of hydrogen-bond acceptors (Lipinski definition) is 4. The number of nitrogens with zero attached hydrogens (tertiary/aromatic N) is 2. The zero-order valence-electron chi connectivity index (χ0n) is 12.2. The molecule has 0 atom stereocenters. The first-order chi connectivity index (χ1) is 10.8. The number of carbonyl (C=O) groups is 2. The van der Waals surface area contributed by atoms with Gasteiger partial charge in [-0.2, -0.15) is 0 Å². The number of amides is 2. The van der Waals surface area contributed by atoms with Crippen molar-refractivity contribution in [2.45, 2.75) is 13.0 Å². The van der Waals surface area contributed by atoms with Gasteiger partial charge in [-0.1, -0.05) is 18.2 Å². The van der Waals surface area contributed by atoms with Crippen LogP contribution in [0.3, 0.4) is 0 Å². The van der Waals surface area contributed by atoms with Gasteiger partial charge in [-0.05, 0) is 37.2 Å². The monoisotopic (exact) mass is 295 g/mol. The standard InChI is InChI=1S/C17H17N3O2/c21-16-14-7-1-2-8-15(14)17(22)20(16)11-5-9-18-12-13-6-3-4-10-19-13/h1-4,6-8,10,18H,5,9,11-12H2. The van der Waals surface area contributed by atoms with Gasteiger partial charge in [-0.3, -0.25) is 19.5 Å². The Labute approximate surface area is 129 Å². The number of fused-ring (bicyclic) bond motifs is 1. The molecule has 1 N–H and O–H groups in total. The number of benzene rings is 1. The molecule has 3 rings (SSSR count). The number of nitrogens with one attached hydrogen (secondary N) is 1. The Balaban J connectivity index is 1.47.